The lowest BCUT2D eigenvalue weighted by Gasteiger charge is -2.27. The third kappa shape index (κ3) is 2.01. The van der Waals surface area contributed by atoms with Crippen molar-refractivity contribution in [1.29, 1.82) is 0 Å². The van der Waals surface area contributed by atoms with Crippen LogP contribution in [0.3, 0.4) is 0 Å². The van der Waals surface area contributed by atoms with Gasteiger partial charge in [0.05, 0.1) is 6.61 Å². The van der Waals surface area contributed by atoms with Crippen LogP contribution in [0.25, 0.3) is 0 Å². The molecule has 1 amide bonds. The molecule has 0 radical (unpaired) electrons. The van der Waals surface area contributed by atoms with E-state index in [-0.39, 0.29) is 5.91 Å². The molecule has 20 heavy (non-hydrogen) atoms. The number of amides is 1. The molecule has 0 aromatic carbocycles. The van der Waals surface area contributed by atoms with Crippen molar-refractivity contribution in [2.75, 3.05) is 13.2 Å². The zero-order valence-corrected chi connectivity index (χ0v) is 12.7. The van der Waals surface area contributed by atoms with Gasteiger partial charge in [0.15, 0.2) is 5.17 Å². The maximum atomic E-state index is 12.3. The number of fused-ring (bicyclic) bond motifs is 2. The highest BCUT2D eigenvalue weighted by atomic mass is 32.2. The lowest BCUT2D eigenvalue weighted by atomic mass is 9.92. The van der Waals surface area contributed by atoms with Crippen molar-refractivity contribution in [3.63, 3.8) is 0 Å². The minimum Gasteiger partial charge on any atom is -0.381 e. The number of carbonyl (C=O) groups excluding carboxylic acids is 1. The van der Waals surface area contributed by atoms with E-state index in [0.29, 0.717) is 18.6 Å². The molecule has 2 aliphatic carbocycles. The van der Waals surface area contributed by atoms with Crippen molar-refractivity contribution in [3.8, 4) is 0 Å². The van der Waals surface area contributed by atoms with Gasteiger partial charge in [-0.3, -0.25) is 4.79 Å². The van der Waals surface area contributed by atoms with Crippen LogP contribution in [-0.2, 0) is 9.53 Å². The number of carbonyl (C=O) groups is 1. The lowest BCUT2D eigenvalue weighted by molar-refractivity contribution is -0.120. The van der Waals surface area contributed by atoms with Crippen molar-refractivity contribution in [3.05, 3.63) is 0 Å². The van der Waals surface area contributed by atoms with E-state index >= 15 is 0 Å². The summed E-state index contributed by atoms with van der Waals surface area (Å²) < 4.78 is 5.05. The van der Waals surface area contributed by atoms with Gasteiger partial charge in [-0.05, 0) is 44.4 Å². The Hall–Kier alpha value is -0.550. The van der Waals surface area contributed by atoms with Crippen LogP contribution in [0, 0.1) is 17.8 Å². The Kier molecular flexibility index (Phi) is 3.11. The summed E-state index contributed by atoms with van der Waals surface area (Å²) in [6, 6.07) is 0.551. The van der Waals surface area contributed by atoms with Gasteiger partial charge in [0.25, 0.3) is 5.91 Å². The summed E-state index contributed by atoms with van der Waals surface area (Å²) in [5, 5.41) is 4.43. The molecule has 0 aromatic heterocycles. The van der Waals surface area contributed by atoms with E-state index in [9.17, 15) is 4.79 Å². The average Bonchev–Trinajstić information content (AvgIpc) is 3.16. The monoisotopic (exact) mass is 294 g/mol. The number of ether oxygens (including phenoxy) is 1. The molecule has 0 aromatic rings. The summed E-state index contributed by atoms with van der Waals surface area (Å²) in [5.74, 6) is 2.06. The molecule has 2 aliphatic heterocycles. The first-order valence-corrected chi connectivity index (χ1v) is 8.63. The second-order valence-corrected chi connectivity index (χ2v) is 8.36. The molecule has 2 saturated carbocycles. The third-order valence-corrected chi connectivity index (χ3v) is 7.03. The predicted octanol–water partition coefficient (Wildman–Crippen LogP) is 2.19. The van der Waals surface area contributed by atoms with Crippen molar-refractivity contribution in [2.24, 2.45) is 22.7 Å². The van der Waals surface area contributed by atoms with Crippen LogP contribution >= 0.6 is 11.8 Å². The summed E-state index contributed by atoms with van der Waals surface area (Å²) in [6.07, 6.45) is 6.37. The Morgan fingerprint density at radius 1 is 1.35 bits per heavy atom. The number of thioether (sulfide) groups is 1. The Balaban J connectivity index is 1.43. The van der Waals surface area contributed by atoms with Gasteiger partial charge in [0, 0.05) is 18.6 Å². The van der Waals surface area contributed by atoms with Gasteiger partial charge < -0.3 is 10.1 Å². The Morgan fingerprint density at radius 3 is 2.90 bits per heavy atom. The van der Waals surface area contributed by atoms with E-state index in [0.717, 1.165) is 30.0 Å². The second kappa shape index (κ2) is 4.73. The molecule has 4 rings (SSSR count). The van der Waals surface area contributed by atoms with Crippen molar-refractivity contribution >= 4 is 22.8 Å². The van der Waals surface area contributed by atoms with Crippen LogP contribution in [0.15, 0.2) is 4.99 Å². The number of rotatable bonds is 2. The summed E-state index contributed by atoms with van der Waals surface area (Å²) >= 11 is 1.64. The zero-order chi connectivity index (χ0) is 13.7. The minimum absolute atomic E-state index is 0.0312. The van der Waals surface area contributed by atoms with Crippen LogP contribution in [0.2, 0.25) is 0 Å². The quantitative estimate of drug-likeness (QED) is 0.848. The molecule has 4 aliphatic rings. The summed E-state index contributed by atoms with van der Waals surface area (Å²) in [6.45, 7) is 3.52. The highest BCUT2D eigenvalue weighted by Crippen LogP contribution is 2.46. The topological polar surface area (TPSA) is 50.7 Å². The van der Waals surface area contributed by atoms with Gasteiger partial charge in [-0.25, -0.2) is 0 Å². The van der Waals surface area contributed by atoms with Gasteiger partial charge in [0.2, 0.25) is 0 Å². The molecule has 5 atom stereocenters. The molecular weight excluding hydrogens is 272 g/mol. The molecule has 2 unspecified atom stereocenters. The first-order chi connectivity index (χ1) is 9.65. The maximum Gasteiger partial charge on any atom is 0.264 e. The van der Waals surface area contributed by atoms with E-state index < -0.39 is 4.75 Å². The number of nitrogens with zero attached hydrogens (tertiary/aromatic N) is 1. The normalized spacial score (nSPS) is 47.0. The molecule has 5 heteroatoms. The van der Waals surface area contributed by atoms with Gasteiger partial charge in [0.1, 0.15) is 4.75 Å². The number of hydrogen-bond donors (Lipinski definition) is 1. The number of aliphatic imine (C=N–C) groups is 1. The van der Waals surface area contributed by atoms with Crippen LogP contribution in [0.1, 0.15) is 39.0 Å². The van der Waals surface area contributed by atoms with Gasteiger partial charge in [-0.15, -0.1) is 0 Å². The van der Waals surface area contributed by atoms with E-state index in [4.69, 9.17) is 4.74 Å². The van der Waals surface area contributed by atoms with Crippen LogP contribution in [-0.4, -0.2) is 35.1 Å². The van der Waals surface area contributed by atoms with Crippen LogP contribution in [0.4, 0.5) is 0 Å². The summed E-state index contributed by atoms with van der Waals surface area (Å²) in [5.41, 5.74) is 0. The standard InChI is InChI=1S/C15H22N2O2S/c1-15(11-4-5-19-8-11)13(18)17-14(20-15)16-12-7-9-2-3-10(12)6-9/h9-12H,2-8H2,1H3,(H,16,17,18)/t9-,10+,11?,12+,15?/m1/s1. The fourth-order valence-electron chi connectivity index (χ4n) is 4.34. The molecule has 1 N–H and O–H groups in total. The minimum atomic E-state index is -0.406. The average molecular weight is 294 g/mol. The third-order valence-electron chi connectivity index (χ3n) is 5.69. The van der Waals surface area contributed by atoms with Crippen LogP contribution < -0.4 is 5.32 Å². The largest absolute Gasteiger partial charge is 0.381 e. The van der Waals surface area contributed by atoms with Crippen molar-refractivity contribution in [1.82, 2.24) is 5.32 Å². The zero-order valence-electron chi connectivity index (χ0n) is 11.9. The molecule has 2 bridgehead atoms. The first kappa shape index (κ1) is 13.1. The Bertz CT molecular complexity index is 461. The molecular formula is C15H22N2O2S. The highest BCUT2D eigenvalue weighted by molar-refractivity contribution is 8.16. The van der Waals surface area contributed by atoms with Gasteiger partial charge in [-0.1, -0.05) is 18.2 Å². The molecule has 110 valence electrons. The van der Waals surface area contributed by atoms with E-state index in [1.165, 1.54) is 25.7 Å². The van der Waals surface area contributed by atoms with E-state index in [1.807, 2.05) is 6.92 Å². The molecule has 2 heterocycles. The number of amidine groups is 1. The van der Waals surface area contributed by atoms with E-state index in [1.54, 1.807) is 11.8 Å². The summed E-state index contributed by atoms with van der Waals surface area (Å²) in [7, 11) is 0. The SMILES string of the molecule is CC1(C2CCOC2)SC(N[C@H]2C[C@@H]3CC[C@H]2C3)=NC1=O. The molecule has 4 nitrogen and oxygen atoms in total. The second-order valence-electron chi connectivity index (χ2n) is 6.92. The van der Waals surface area contributed by atoms with Crippen molar-refractivity contribution in [2.45, 2.75) is 49.8 Å². The molecule has 3 fully saturated rings. The van der Waals surface area contributed by atoms with Crippen molar-refractivity contribution < 1.29 is 9.53 Å². The Labute approximate surface area is 124 Å². The molecule has 0 spiro atoms. The summed E-state index contributed by atoms with van der Waals surface area (Å²) in [4.78, 5) is 16.6. The van der Waals surface area contributed by atoms with Crippen LogP contribution in [0.5, 0.6) is 0 Å². The highest BCUT2D eigenvalue weighted by Gasteiger charge is 2.49. The van der Waals surface area contributed by atoms with Gasteiger partial charge >= 0.3 is 0 Å². The number of nitrogens with one attached hydrogen (secondary N) is 1. The van der Waals surface area contributed by atoms with Gasteiger partial charge in [-0.2, -0.15) is 4.99 Å². The smallest absolute Gasteiger partial charge is 0.264 e. The maximum absolute atomic E-state index is 12.3. The lowest BCUT2D eigenvalue weighted by Crippen LogP contribution is -2.39. The van der Waals surface area contributed by atoms with E-state index in [2.05, 4.69) is 10.3 Å². The Morgan fingerprint density at radius 2 is 2.25 bits per heavy atom. The predicted molar refractivity (Wildman–Crippen MR) is 79.7 cm³/mol. The first-order valence-electron chi connectivity index (χ1n) is 7.81. The fourth-order valence-corrected chi connectivity index (χ4v) is 5.57. The molecule has 1 saturated heterocycles. The fraction of sp³-hybridized carbons (Fsp3) is 0.867. The number of hydrogen-bond acceptors (Lipinski definition) is 4.